The second-order valence-corrected chi connectivity index (χ2v) is 6.20. The minimum absolute atomic E-state index is 0.0862. The van der Waals surface area contributed by atoms with Gasteiger partial charge in [0.2, 0.25) is 10.0 Å². The number of hydrogen-bond acceptors (Lipinski definition) is 5. The van der Waals surface area contributed by atoms with E-state index in [1.54, 1.807) is 20.2 Å². The number of rotatable bonds is 7. The van der Waals surface area contributed by atoms with Gasteiger partial charge in [-0.3, -0.25) is 0 Å². The standard InChI is InChI=1S/C12H21N5O3S/c1-4-13-11-6-5-10(9-15-11)21(19,20)16-8-7-14-12(18)17(2)3/h5-6,9,16H,4,7-8H2,1-3H3,(H,13,15)(H,14,18). The molecule has 0 unspecified atom stereocenters. The van der Waals surface area contributed by atoms with Gasteiger partial charge in [-0.25, -0.2) is 22.9 Å². The third-order valence-electron chi connectivity index (χ3n) is 2.50. The summed E-state index contributed by atoms with van der Waals surface area (Å²) in [6.45, 7) is 2.95. The zero-order chi connectivity index (χ0) is 15.9. The first-order valence-corrected chi connectivity index (χ1v) is 8.00. The summed E-state index contributed by atoms with van der Waals surface area (Å²) in [7, 11) is -0.399. The maximum Gasteiger partial charge on any atom is 0.316 e. The van der Waals surface area contributed by atoms with Crippen molar-refractivity contribution in [2.24, 2.45) is 0 Å². The molecule has 0 aliphatic carbocycles. The fourth-order valence-electron chi connectivity index (χ4n) is 1.42. The Morgan fingerprint density at radius 1 is 1.29 bits per heavy atom. The summed E-state index contributed by atoms with van der Waals surface area (Å²) in [5.41, 5.74) is 0. The van der Waals surface area contributed by atoms with Crippen LogP contribution in [0, 0.1) is 0 Å². The van der Waals surface area contributed by atoms with Gasteiger partial charge in [0.05, 0.1) is 0 Å². The van der Waals surface area contributed by atoms with Crippen LogP contribution in [0.3, 0.4) is 0 Å². The smallest absolute Gasteiger partial charge is 0.316 e. The van der Waals surface area contributed by atoms with Crippen LogP contribution >= 0.6 is 0 Å². The molecule has 0 aromatic carbocycles. The van der Waals surface area contributed by atoms with Crippen molar-refractivity contribution in [2.45, 2.75) is 11.8 Å². The van der Waals surface area contributed by atoms with E-state index in [-0.39, 0.29) is 24.0 Å². The second-order valence-electron chi connectivity index (χ2n) is 4.43. The van der Waals surface area contributed by atoms with E-state index in [0.717, 1.165) is 0 Å². The highest BCUT2D eigenvalue weighted by atomic mass is 32.2. The van der Waals surface area contributed by atoms with Gasteiger partial charge in [-0.2, -0.15) is 0 Å². The first-order valence-electron chi connectivity index (χ1n) is 6.51. The van der Waals surface area contributed by atoms with Gasteiger partial charge in [-0.1, -0.05) is 0 Å². The molecule has 2 amide bonds. The molecule has 0 saturated carbocycles. The molecule has 0 atom stereocenters. The number of nitrogens with zero attached hydrogens (tertiary/aromatic N) is 2. The van der Waals surface area contributed by atoms with E-state index in [1.807, 2.05) is 6.92 Å². The van der Waals surface area contributed by atoms with Crippen molar-refractivity contribution < 1.29 is 13.2 Å². The highest BCUT2D eigenvalue weighted by molar-refractivity contribution is 7.89. The van der Waals surface area contributed by atoms with Crippen LogP contribution in [0.1, 0.15) is 6.92 Å². The van der Waals surface area contributed by atoms with Crippen molar-refractivity contribution in [3.63, 3.8) is 0 Å². The first kappa shape index (κ1) is 17.2. The number of nitrogens with one attached hydrogen (secondary N) is 3. The molecular weight excluding hydrogens is 294 g/mol. The summed E-state index contributed by atoms with van der Waals surface area (Å²) >= 11 is 0. The lowest BCUT2D eigenvalue weighted by atomic mass is 10.4. The molecule has 118 valence electrons. The molecule has 1 rings (SSSR count). The third-order valence-corrected chi connectivity index (χ3v) is 3.95. The quantitative estimate of drug-likeness (QED) is 0.618. The molecule has 9 heteroatoms. The summed E-state index contributed by atoms with van der Waals surface area (Å²) in [6.07, 6.45) is 1.29. The lowest BCUT2D eigenvalue weighted by Crippen LogP contribution is -2.39. The second kappa shape index (κ2) is 7.79. The Morgan fingerprint density at radius 2 is 2.00 bits per heavy atom. The molecule has 8 nitrogen and oxygen atoms in total. The van der Waals surface area contributed by atoms with E-state index in [2.05, 4.69) is 20.3 Å². The summed E-state index contributed by atoms with van der Waals surface area (Å²) in [4.78, 5) is 16.7. The molecule has 1 aromatic rings. The fourth-order valence-corrected chi connectivity index (χ4v) is 2.40. The predicted octanol–water partition coefficient (Wildman–Crippen LogP) is 0.0629. The van der Waals surface area contributed by atoms with Crippen LogP contribution in [0.4, 0.5) is 10.6 Å². The van der Waals surface area contributed by atoms with E-state index in [4.69, 9.17) is 0 Å². The van der Waals surface area contributed by atoms with Crippen molar-refractivity contribution in [2.75, 3.05) is 39.0 Å². The van der Waals surface area contributed by atoms with Gasteiger partial charge >= 0.3 is 6.03 Å². The maximum atomic E-state index is 12.0. The predicted molar refractivity (Wildman–Crippen MR) is 80.7 cm³/mol. The number of anilines is 1. The molecule has 0 spiro atoms. The topological polar surface area (TPSA) is 103 Å². The van der Waals surface area contributed by atoms with E-state index in [1.165, 1.54) is 17.2 Å². The van der Waals surface area contributed by atoms with Crippen LogP contribution < -0.4 is 15.4 Å². The Labute approximate surface area is 125 Å². The highest BCUT2D eigenvalue weighted by Gasteiger charge is 2.14. The van der Waals surface area contributed by atoms with Gasteiger partial charge in [0.15, 0.2) is 0 Å². The van der Waals surface area contributed by atoms with Crippen molar-refractivity contribution in [1.82, 2.24) is 19.9 Å². The molecule has 0 radical (unpaired) electrons. The summed E-state index contributed by atoms with van der Waals surface area (Å²) < 4.78 is 26.4. The molecule has 0 aliphatic heterocycles. The van der Waals surface area contributed by atoms with Gasteiger partial charge in [-0.15, -0.1) is 0 Å². The Morgan fingerprint density at radius 3 is 2.52 bits per heavy atom. The Bertz CT molecular complexity index is 557. The molecular formula is C12H21N5O3S. The molecule has 21 heavy (non-hydrogen) atoms. The van der Waals surface area contributed by atoms with Crippen LogP contribution in [0.25, 0.3) is 0 Å². The number of hydrogen-bond donors (Lipinski definition) is 3. The van der Waals surface area contributed by atoms with Crippen LogP contribution in [0.2, 0.25) is 0 Å². The van der Waals surface area contributed by atoms with Crippen LogP contribution in [-0.2, 0) is 10.0 Å². The van der Waals surface area contributed by atoms with Crippen molar-refractivity contribution in [3.8, 4) is 0 Å². The molecule has 0 saturated heterocycles. The molecule has 3 N–H and O–H groups in total. The number of urea groups is 1. The first-order chi connectivity index (χ1) is 9.86. The van der Waals surface area contributed by atoms with E-state index >= 15 is 0 Å². The lowest BCUT2D eigenvalue weighted by molar-refractivity contribution is 0.217. The minimum atomic E-state index is -3.62. The molecule has 0 bridgehead atoms. The van der Waals surface area contributed by atoms with Crippen molar-refractivity contribution in [3.05, 3.63) is 18.3 Å². The number of amides is 2. The lowest BCUT2D eigenvalue weighted by Gasteiger charge is -2.12. The fraction of sp³-hybridized carbons (Fsp3) is 0.500. The van der Waals surface area contributed by atoms with Gasteiger partial charge in [0.1, 0.15) is 10.7 Å². The Kier molecular flexibility index (Phi) is 6.38. The summed E-state index contributed by atoms with van der Waals surface area (Å²) in [6, 6.07) is 2.81. The van der Waals surface area contributed by atoms with Gasteiger partial charge in [-0.05, 0) is 19.1 Å². The number of carbonyl (C=O) groups is 1. The summed E-state index contributed by atoms with van der Waals surface area (Å²) in [5, 5.41) is 5.55. The number of sulfonamides is 1. The maximum absolute atomic E-state index is 12.0. The number of carbonyl (C=O) groups excluding carboxylic acids is 1. The van der Waals surface area contributed by atoms with E-state index < -0.39 is 10.0 Å². The monoisotopic (exact) mass is 315 g/mol. The molecule has 1 aromatic heterocycles. The highest BCUT2D eigenvalue weighted by Crippen LogP contribution is 2.09. The van der Waals surface area contributed by atoms with Gasteiger partial charge in [0.25, 0.3) is 0 Å². The molecule has 0 fully saturated rings. The Hall–Kier alpha value is -1.87. The average molecular weight is 315 g/mol. The van der Waals surface area contributed by atoms with E-state index in [0.29, 0.717) is 12.4 Å². The van der Waals surface area contributed by atoms with Crippen LogP contribution in [0.15, 0.2) is 23.2 Å². The number of pyridine rings is 1. The molecule has 1 heterocycles. The zero-order valence-electron chi connectivity index (χ0n) is 12.4. The van der Waals surface area contributed by atoms with Gasteiger partial charge in [0, 0.05) is 39.9 Å². The van der Waals surface area contributed by atoms with E-state index in [9.17, 15) is 13.2 Å². The van der Waals surface area contributed by atoms with Crippen LogP contribution in [0.5, 0.6) is 0 Å². The van der Waals surface area contributed by atoms with Crippen molar-refractivity contribution >= 4 is 21.9 Å². The normalized spacial score (nSPS) is 11.0. The molecule has 0 aliphatic rings. The largest absolute Gasteiger partial charge is 0.370 e. The average Bonchev–Trinajstić information content (AvgIpc) is 2.44. The SMILES string of the molecule is CCNc1ccc(S(=O)(=O)NCCNC(=O)N(C)C)cn1. The minimum Gasteiger partial charge on any atom is -0.370 e. The zero-order valence-corrected chi connectivity index (χ0v) is 13.2. The summed E-state index contributed by atoms with van der Waals surface area (Å²) in [5.74, 6) is 0.620. The van der Waals surface area contributed by atoms with Crippen LogP contribution in [-0.4, -0.2) is 58.1 Å². The van der Waals surface area contributed by atoms with Gasteiger partial charge < -0.3 is 15.5 Å². The third kappa shape index (κ3) is 5.56. The van der Waals surface area contributed by atoms with Crippen molar-refractivity contribution in [1.29, 1.82) is 0 Å². The Balaban J connectivity index is 2.51. The number of aromatic nitrogens is 1.